The second kappa shape index (κ2) is 9.04. The average Bonchev–Trinajstić information content (AvgIpc) is 2.71. The van der Waals surface area contributed by atoms with Crippen LogP contribution in [0.2, 0.25) is 0 Å². The fourth-order valence-corrected chi connectivity index (χ4v) is 4.29. The number of nitrogens with one attached hydrogen (secondary N) is 2. The highest BCUT2D eigenvalue weighted by molar-refractivity contribution is 7.91. The molecule has 3 rings (SSSR count). The van der Waals surface area contributed by atoms with Gasteiger partial charge in [0.15, 0.2) is 9.84 Å². The minimum atomic E-state index is -3.51. The smallest absolute Gasteiger partial charge is 0.307 e. The summed E-state index contributed by atoms with van der Waals surface area (Å²) < 4.78 is 51.8. The molecule has 3 aromatic carbocycles. The molecule has 0 bridgehead atoms. The van der Waals surface area contributed by atoms with Crippen molar-refractivity contribution in [3.05, 3.63) is 78.4 Å². The van der Waals surface area contributed by atoms with Gasteiger partial charge in [-0.25, -0.2) is 22.0 Å². The minimum absolute atomic E-state index is 0.0237. The van der Waals surface area contributed by atoms with Crippen molar-refractivity contribution < 1.29 is 22.0 Å². The first kappa shape index (κ1) is 21.4. The highest BCUT2D eigenvalue weighted by atomic mass is 32.2. The van der Waals surface area contributed by atoms with Gasteiger partial charge in [-0.3, -0.25) is 0 Å². The maximum absolute atomic E-state index is 13.8. The largest absolute Gasteiger partial charge is 0.323 e. The SMILES string of the molecule is CCCS(=O)(=O)c1ccc(-c2ccccc2)c(NC(=O)Nc2ccc(F)cc2F)c1. The molecule has 0 aromatic heterocycles. The number of halogens is 2. The van der Waals surface area contributed by atoms with E-state index in [0.717, 1.165) is 17.7 Å². The third kappa shape index (κ3) is 5.01. The number of benzene rings is 3. The monoisotopic (exact) mass is 430 g/mol. The van der Waals surface area contributed by atoms with Crippen molar-refractivity contribution in [3.8, 4) is 11.1 Å². The second-order valence-electron chi connectivity index (χ2n) is 6.60. The van der Waals surface area contributed by atoms with Gasteiger partial charge in [0.1, 0.15) is 11.6 Å². The number of anilines is 2. The lowest BCUT2D eigenvalue weighted by atomic mass is 10.0. The van der Waals surface area contributed by atoms with E-state index in [0.29, 0.717) is 18.1 Å². The number of rotatable bonds is 6. The normalized spacial score (nSPS) is 11.2. The van der Waals surface area contributed by atoms with Crippen molar-refractivity contribution in [2.45, 2.75) is 18.2 Å². The van der Waals surface area contributed by atoms with Crippen LogP contribution in [0.1, 0.15) is 13.3 Å². The number of carbonyl (C=O) groups excluding carboxylic acids is 1. The minimum Gasteiger partial charge on any atom is -0.307 e. The molecule has 0 saturated carbocycles. The van der Waals surface area contributed by atoms with Gasteiger partial charge in [-0.05, 0) is 36.2 Å². The fraction of sp³-hybridized carbons (Fsp3) is 0.136. The summed E-state index contributed by atoms with van der Waals surface area (Å²) in [4.78, 5) is 12.5. The van der Waals surface area contributed by atoms with Crippen LogP contribution in [0.15, 0.2) is 71.6 Å². The molecular weight excluding hydrogens is 410 g/mol. The molecule has 3 aromatic rings. The van der Waals surface area contributed by atoms with Crippen LogP contribution in [-0.2, 0) is 9.84 Å². The molecule has 0 unspecified atom stereocenters. The van der Waals surface area contributed by atoms with Crippen LogP contribution in [0.3, 0.4) is 0 Å². The maximum Gasteiger partial charge on any atom is 0.323 e. The lowest BCUT2D eigenvalue weighted by molar-refractivity contribution is 0.262. The van der Waals surface area contributed by atoms with Gasteiger partial charge in [0.25, 0.3) is 0 Å². The van der Waals surface area contributed by atoms with Crippen LogP contribution in [0.4, 0.5) is 25.0 Å². The van der Waals surface area contributed by atoms with Gasteiger partial charge in [0, 0.05) is 11.6 Å². The Morgan fingerprint density at radius 2 is 1.60 bits per heavy atom. The molecule has 156 valence electrons. The molecule has 0 radical (unpaired) electrons. The number of urea groups is 1. The van der Waals surface area contributed by atoms with E-state index in [-0.39, 0.29) is 22.0 Å². The quantitative estimate of drug-likeness (QED) is 0.545. The lowest BCUT2D eigenvalue weighted by Gasteiger charge is -2.15. The molecule has 0 spiro atoms. The molecule has 2 N–H and O–H groups in total. The lowest BCUT2D eigenvalue weighted by Crippen LogP contribution is -2.21. The van der Waals surface area contributed by atoms with Crippen LogP contribution in [-0.4, -0.2) is 20.2 Å². The Hall–Kier alpha value is -3.26. The second-order valence-corrected chi connectivity index (χ2v) is 8.70. The molecule has 5 nitrogen and oxygen atoms in total. The molecule has 0 aliphatic rings. The standard InChI is InChI=1S/C22H20F2N2O3S/c1-2-12-30(28,29)17-9-10-18(15-6-4-3-5-7-15)21(14-17)26-22(27)25-20-11-8-16(23)13-19(20)24/h3-11,13-14H,2,12H2,1H3,(H2,25,26,27). The highest BCUT2D eigenvalue weighted by Crippen LogP contribution is 2.31. The number of carbonyl (C=O) groups is 1. The zero-order valence-electron chi connectivity index (χ0n) is 16.2. The van der Waals surface area contributed by atoms with Crippen molar-refractivity contribution in [2.24, 2.45) is 0 Å². The van der Waals surface area contributed by atoms with Gasteiger partial charge in [-0.1, -0.05) is 43.3 Å². The summed E-state index contributed by atoms with van der Waals surface area (Å²) in [6, 6.07) is 15.6. The van der Waals surface area contributed by atoms with Crippen molar-refractivity contribution >= 4 is 27.2 Å². The molecule has 0 atom stereocenters. The first-order valence-electron chi connectivity index (χ1n) is 9.25. The summed E-state index contributed by atoms with van der Waals surface area (Å²) in [6.45, 7) is 1.76. The third-order valence-corrected chi connectivity index (χ3v) is 6.25. The van der Waals surface area contributed by atoms with Gasteiger partial charge in [-0.2, -0.15) is 0 Å². The van der Waals surface area contributed by atoms with Crippen molar-refractivity contribution in [3.63, 3.8) is 0 Å². The van der Waals surface area contributed by atoms with E-state index in [9.17, 15) is 22.0 Å². The summed E-state index contributed by atoms with van der Waals surface area (Å²) in [5, 5.41) is 4.89. The molecule has 30 heavy (non-hydrogen) atoms. The predicted octanol–water partition coefficient (Wildman–Crippen LogP) is 5.46. The van der Waals surface area contributed by atoms with Crippen LogP contribution >= 0.6 is 0 Å². The van der Waals surface area contributed by atoms with E-state index in [1.165, 1.54) is 12.1 Å². The van der Waals surface area contributed by atoms with Crippen LogP contribution in [0, 0.1) is 11.6 Å². The molecule has 0 aliphatic heterocycles. The summed E-state index contributed by atoms with van der Waals surface area (Å²) >= 11 is 0. The Bertz CT molecular complexity index is 1170. The maximum atomic E-state index is 13.8. The summed E-state index contributed by atoms with van der Waals surface area (Å²) in [5.41, 5.74) is 1.41. The fourth-order valence-electron chi connectivity index (χ4n) is 2.94. The van der Waals surface area contributed by atoms with Crippen LogP contribution in [0.5, 0.6) is 0 Å². The predicted molar refractivity (Wildman–Crippen MR) is 113 cm³/mol. The van der Waals surface area contributed by atoms with Crippen molar-refractivity contribution in [2.75, 3.05) is 16.4 Å². The Morgan fingerprint density at radius 3 is 2.27 bits per heavy atom. The topological polar surface area (TPSA) is 75.3 Å². The number of hydrogen-bond donors (Lipinski definition) is 2. The zero-order chi connectivity index (χ0) is 21.7. The van der Waals surface area contributed by atoms with Gasteiger partial charge in [0.2, 0.25) is 0 Å². The summed E-state index contributed by atoms with van der Waals surface area (Å²) in [7, 11) is -3.51. The van der Waals surface area contributed by atoms with Crippen molar-refractivity contribution in [1.82, 2.24) is 0 Å². The van der Waals surface area contributed by atoms with E-state index < -0.39 is 27.5 Å². The summed E-state index contributed by atoms with van der Waals surface area (Å²) in [5.74, 6) is -1.71. The Balaban J connectivity index is 1.96. The van der Waals surface area contributed by atoms with Gasteiger partial charge in [-0.15, -0.1) is 0 Å². The molecule has 8 heteroatoms. The highest BCUT2D eigenvalue weighted by Gasteiger charge is 2.18. The Morgan fingerprint density at radius 1 is 0.900 bits per heavy atom. The van der Waals surface area contributed by atoms with Crippen molar-refractivity contribution in [1.29, 1.82) is 0 Å². The zero-order valence-corrected chi connectivity index (χ0v) is 17.0. The van der Waals surface area contributed by atoms with Gasteiger partial charge < -0.3 is 10.6 Å². The number of sulfone groups is 1. The molecule has 0 saturated heterocycles. The molecule has 0 heterocycles. The molecule has 0 fully saturated rings. The first-order chi connectivity index (χ1) is 14.3. The number of hydrogen-bond acceptors (Lipinski definition) is 3. The first-order valence-corrected chi connectivity index (χ1v) is 10.9. The molecule has 2 amide bonds. The molecule has 0 aliphatic carbocycles. The third-order valence-electron chi connectivity index (χ3n) is 4.34. The van der Waals surface area contributed by atoms with E-state index in [1.807, 2.05) is 30.3 Å². The van der Waals surface area contributed by atoms with Gasteiger partial charge in [0.05, 0.1) is 22.0 Å². The Labute approximate surface area is 173 Å². The Kier molecular flexibility index (Phi) is 6.47. The summed E-state index contributed by atoms with van der Waals surface area (Å²) in [6.07, 6.45) is 0.454. The van der Waals surface area contributed by atoms with E-state index in [4.69, 9.17) is 0 Å². The number of amides is 2. The van der Waals surface area contributed by atoms with E-state index >= 15 is 0 Å². The van der Waals surface area contributed by atoms with E-state index in [2.05, 4.69) is 10.6 Å². The average molecular weight is 430 g/mol. The van der Waals surface area contributed by atoms with Gasteiger partial charge >= 0.3 is 6.03 Å². The van der Waals surface area contributed by atoms with Crippen LogP contribution < -0.4 is 10.6 Å². The molecular formula is C22H20F2N2O3S. The van der Waals surface area contributed by atoms with Crippen LogP contribution in [0.25, 0.3) is 11.1 Å². The van der Waals surface area contributed by atoms with E-state index in [1.54, 1.807) is 13.0 Å².